The summed E-state index contributed by atoms with van der Waals surface area (Å²) in [5.41, 5.74) is 1.61. The Hall–Kier alpha value is -1.74. The summed E-state index contributed by atoms with van der Waals surface area (Å²) in [6.07, 6.45) is 0.783. The molecule has 0 saturated heterocycles. The Balaban J connectivity index is 2.00. The number of thiazole rings is 1. The summed E-state index contributed by atoms with van der Waals surface area (Å²) >= 11 is 4.97. The van der Waals surface area contributed by atoms with Crippen molar-refractivity contribution in [1.29, 1.82) is 0 Å². The van der Waals surface area contributed by atoms with Crippen molar-refractivity contribution in [3.05, 3.63) is 44.3 Å². The molecule has 0 unspecified atom stereocenters. The molecule has 0 radical (unpaired) electrons. The van der Waals surface area contributed by atoms with Crippen molar-refractivity contribution in [3.8, 4) is 5.75 Å². The monoisotopic (exact) mass is 446 g/mol. The maximum Gasteiger partial charge on any atom is 0.387 e. The third kappa shape index (κ3) is 6.87. The van der Waals surface area contributed by atoms with Gasteiger partial charge >= 0.3 is 6.61 Å². The molecule has 0 aliphatic heterocycles. The minimum Gasteiger partial charge on any atom is -0.434 e. The number of guanidine groups is 1. The number of rotatable bonds is 8. The van der Waals surface area contributed by atoms with Crippen molar-refractivity contribution in [3.63, 3.8) is 0 Å². The lowest BCUT2D eigenvalue weighted by atomic mass is 10.2. The van der Waals surface area contributed by atoms with Crippen molar-refractivity contribution < 1.29 is 13.5 Å². The van der Waals surface area contributed by atoms with Crippen molar-refractivity contribution >= 4 is 33.2 Å². The van der Waals surface area contributed by atoms with Crippen LogP contribution >= 0.6 is 27.3 Å². The second-order valence-electron chi connectivity index (χ2n) is 5.36. The van der Waals surface area contributed by atoms with E-state index in [0.717, 1.165) is 21.6 Å². The maximum absolute atomic E-state index is 12.6. The lowest BCUT2D eigenvalue weighted by Gasteiger charge is -2.13. The van der Waals surface area contributed by atoms with Crippen LogP contribution in [0.3, 0.4) is 0 Å². The van der Waals surface area contributed by atoms with Gasteiger partial charge in [0, 0.05) is 34.9 Å². The first-order valence-corrected chi connectivity index (χ1v) is 9.81. The van der Waals surface area contributed by atoms with E-state index >= 15 is 0 Å². The van der Waals surface area contributed by atoms with Crippen LogP contribution in [0.5, 0.6) is 5.75 Å². The molecule has 0 atom stereocenters. The lowest BCUT2D eigenvalue weighted by molar-refractivity contribution is -0.0504. The first kappa shape index (κ1) is 20.6. The van der Waals surface area contributed by atoms with E-state index < -0.39 is 6.61 Å². The van der Waals surface area contributed by atoms with Gasteiger partial charge in [0.1, 0.15) is 5.75 Å². The first-order valence-electron chi connectivity index (χ1n) is 8.14. The van der Waals surface area contributed by atoms with Crippen molar-refractivity contribution in [2.75, 3.05) is 13.1 Å². The molecule has 2 aromatic rings. The summed E-state index contributed by atoms with van der Waals surface area (Å²) in [5.74, 6) is 0.739. The summed E-state index contributed by atoms with van der Waals surface area (Å²) in [7, 11) is 0. The molecule has 2 rings (SSSR count). The highest BCUT2D eigenvalue weighted by atomic mass is 79.9. The topological polar surface area (TPSA) is 58.5 Å². The number of aromatic nitrogens is 1. The number of hydrogen-bond acceptors (Lipinski definition) is 4. The highest BCUT2D eigenvalue weighted by Crippen LogP contribution is 2.25. The molecule has 0 aliphatic rings. The molecule has 26 heavy (non-hydrogen) atoms. The van der Waals surface area contributed by atoms with Gasteiger partial charge in [0.25, 0.3) is 0 Å². The third-order valence-electron chi connectivity index (χ3n) is 3.33. The van der Waals surface area contributed by atoms with E-state index in [1.807, 2.05) is 19.2 Å². The van der Waals surface area contributed by atoms with Crippen LogP contribution < -0.4 is 15.4 Å². The molecule has 2 N–H and O–H groups in total. The van der Waals surface area contributed by atoms with Gasteiger partial charge in [0.05, 0.1) is 17.2 Å². The number of nitrogens with one attached hydrogen (secondary N) is 2. The van der Waals surface area contributed by atoms with E-state index in [-0.39, 0.29) is 12.3 Å². The second-order valence-corrected chi connectivity index (χ2v) is 7.34. The van der Waals surface area contributed by atoms with E-state index in [2.05, 4.69) is 41.3 Å². The molecule has 0 fully saturated rings. The Labute approximate surface area is 164 Å². The number of ether oxygens (including phenoxy) is 1. The van der Waals surface area contributed by atoms with Gasteiger partial charge in [-0.2, -0.15) is 8.78 Å². The normalized spacial score (nSPS) is 11.7. The average Bonchev–Trinajstić information content (AvgIpc) is 2.99. The summed E-state index contributed by atoms with van der Waals surface area (Å²) < 4.78 is 30.4. The molecular formula is C17H21BrF2N4OS. The van der Waals surface area contributed by atoms with Gasteiger partial charge in [-0.05, 0) is 32.0 Å². The molecule has 0 saturated carbocycles. The van der Waals surface area contributed by atoms with Crippen molar-refractivity contribution in [2.24, 2.45) is 4.99 Å². The molecule has 0 bridgehead atoms. The zero-order chi connectivity index (χ0) is 18.9. The Bertz CT molecular complexity index is 739. The zero-order valence-corrected chi connectivity index (χ0v) is 17.0. The van der Waals surface area contributed by atoms with Crippen LogP contribution in [0.4, 0.5) is 8.78 Å². The third-order valence-corrected chi connectivity index (χ3v) is 4.65. The number of aryl methyl sites for hydroxylation is 1. The summed E-state index contributed by atoms with van der Waals surface area (Å²) in [4.78, 5) is 8.88. The zero-order valence-electron chi connectivity index (χ0n) is 14.6. The van der Waals surface area contributed by atoms with Crippen LogP contribution in [0.25, 0.3) is 0 Å². The quantitative estimate of drug-likeness (QED) is 0.473. The molecule has 0 spiro atoms. The van der Waals surface area contributed by atoms with E-state index in [0.29, 0.717) is 24.6 Å². The smallest absolute Gasteiger partial charge is 0.387 e. The number of halogens is 3. The van der Waals surface area contributed by atoms with Gasteiger partial charge in [0.15, 0.2) is 5.96 Å². The molecule has 142 valence electrons. The van der Waals surface area contributed by atoms with E-state index in [9.17, 15) is 8.78 Å². The Kier molecular flexibility index (Phi) is 8.24. The summed E-state index contributed by atoms with van der Waals surface area (Å²) in [6.45, 7) is 2.66. The minimum absolute atomic E-state index is 0.126. The maximum atomic E-state index is 12.6. The minimum atomic E-state index is -2.87. The van der Waals surface area contributed by atoms with Gasteiger partial charge in [0.2, 0.25) is 0 Å². The predicted molar refractivity (Wildman–Crippen MR) is 104 cm³/mol. The van der Waals surface area contributed by atoms with E-state index in [1.165, 1.54) is 6.07 Å². The van der Waals surface area contributed by atoms with Gasteiger partial charge in [-0.1, -0.05) is 15.9 Å². The fourth-order valence-electron chi connectivity index (χ4n) is 2.22. The molecule has 9 heteroatoms. The molecule has 1 heterocycles. The van der Waals surface area contributed by atoms with E-state index in [1.54, 1.807) is 23.5 Å². The highest BCUT2D eigenvalue weighted by molar-refractivity contribution is 9.10. The first-order chi connectivity index (χ1) is 12.5. The Morgan fingerprint density at radius 1 is 1.38 bits per heavy atom. The fourth-order valence-corrected chi connectivity index (χ4v) is 3.28. The summed E-state index contributed by atoms with van der Waals surface area (Å²) in [5, 5.41) is 9.45. The molecule has 5 nitrogen and oxygen atoms in total. The van der Waals surface area contributed by atoms with Crippen LogP contribution in [0, 0.1) is 6.92 Å². The Morgan fingerprint density at radius 2 is 2.19 bits per heavy atom. The number of aliphatic imine (C=N–C) groups is 1. The Morgan fingerprint density at radius 3 is 2.85 bits per heavy atom. The standard InChI is InChI=1S/C17H21BrF2N4OS/c1-3-21-17(22-7-6-14-10-26-11(2)24-14)23-9-12-8-13(18)4-5-15(12)25-16(19)20/h4-5,8,10,16H,3,6-7,9H2,1-2H3,(H2,21,22,23). The van der Waals surface area contributed by atoms with E-state index in [4.69, 9.17) is 0 Å². The number of benzene rings is 1. The number of alkyl halides is 2. The molecule has 0 aliphatic carbocycles. The van der Waals surface area contributed by atoms with Crippen molar-refractivity contribution in [1.82, 2.24) is 15.6 Å². The SMILES string of the molecule is CCNC(=NCc1cc(Br)ccc1OC(F)F)NCCc1csc(C)n1. The second kappa shape index (κ2) is 10.4. The molecule has 1 aromatic carbocycles. The van der Waals surface area contributed by atoms with Gasteiger partial charge in [-0.15, -0.1) is 11.3 Å². The average molecular weight is 447 g/mol. The largest absolute Gasteiger partial charge is 0.434 e. The van der Waals surface area contributed by atoms with Crippen LogP contribution in [-0.4, -0.2) is 30.6 Å². The summed E-state index contributed by atoms with van der Waals surface area (Å²) in [6, 6.07) is 4.89. The van der Waals surface area contributed by atoms with Gasteiger partial charge < -0.3 is 15.4 Å². The van der Waals surface area contributed by atoms with Crippen molar-refractivity contribution in [2.45, 2.75) is 33.4 Å². The number of hydrogen-bond donors (Lipinski definition) is 2. The molecule has 0 amide bonds. The highest BCUT2D eigenvalue weighted by Gasteiger charge is 2.10. The van der Waals surface area contributed by atoms with Gasteiger partial charge in [-0.25, -0.2) is 9.98 Å². The fraction of sp³-hybridized carbons (Fsp3) is 0.412. The predicted octanol–water partition coefficient (Wildman–Crippen LogP) is 4.11. The number of nitrogens with zero attached hydrogens (tertiary/aromatic N) is 2. The lowest BCUT2D eigenvalue weighted by Crippen LogP contribution is -2.38. The van der Waals surface area contributed by atoms with Crippen LogP contribution in [0.1, 0.15) is 23.2 Å². The van der Waals surface area contributed by atoms with Crippen LogP contribution in [0.15, 0.2) is 33.0 Å². The molecular weight excluding hydrogens is 426 g/mol. The van der Waals surface area contributed by atoms with Gasteiger partial charge in [-0.3, -0.25) is 0 Å². The molecule has 1 aromatic heterocycles. The van der Waals surface area contributed by atoms with Crippen LogP contribution in [-0.2, 0) is 13.0 Å². The van der Waals surface area contributed by atoms with Crippen LogP contribution in [0.2, 0.25) is 0 Å².